The van der Waals surface area contributed by atoms with Gasteiger partial charge in [0.1, 0.15) is 5.75 Å². The summed E-state index contributed by atoms with van der Waals surface area (Å²) in [5.41, 5.74) is 2.66. The fourth-order valence-corrected chi connectivity index (χ4v) is 3.50. The Labute approximate surface area is 145 Å². The molecule has 0 spiro atoms. The van der Waals surface area contributed by atoms with E-state index in [1.165, 1.54) is 17.7 Å². The van der Waals surface area contributed by atoms with Gasteiger partial charge >= 0.3 is 0 Å². The van der Waals surface area contributed by atoms with Crippen LogP contribution in [0.1, 0.15) is 18.9 Å². The average Bonchev–Trinajstić information content (AvgIpc) is 2.67. The molecular formula is C21H28N2O. The molecule has 128 valence electrons. The Bertz CT molecular complexity index is 621. The molecule has 2 aromatic rings. The number of piperazine rings is 1. The summed E-state index contributed by atoms with van der Waals surface area (Å²) in [5, 5.41) is 0. The zero-order valence-electron chi connectivity index (χ0n) is 14.8. The third-order valence-corrected chi connectivity index (χ3v) is 5.06. The van der Waals surface area contributed by atoms with Crippen LogP contribution in [-0.4, -0.2) is 44.2 Å². The summed E-state index contributed by atoms with van der Waals surface area (Å²) in [6.07, 6.45) is 2.38. The SMILES string of the molecule is COc1ccccc1N1CCN(C(C)CCc2ccccc2)CC1. The predicted molar refractivity (Wildman–Crippen MR) is 101 cm³/mol. The van der Waals surface area contributed by atoms with Gasteiger partial charge in [0.25, 0.3) is 0 Å². The highest BCUT2D eigenvalue weighted by Gasteiger charge is 2.22. The van der Waals surface area contributed by atoms with Crippen LogP contribution in [0.15, 0.2) is 54.6 Å². The van der Waals surface area contributed by atoms with Crippen LogP contribution >= 0.6 is 0 Å². The molecule has 24 heavy (non-hydrogen) atoms. The first kappa shape index (κ1) is 16.8. The highest BCUT2D eigenvalue weighted by molar-refractivity contribution is 5.58. The largest absolute Gasteiger partial charge is 0.495 e. The van der Waals surface area contributed by atoms with Crippen LogP contribution in [0.25, 0.3) is 0 Å². The maximum Gasteiger partial charge on any atom is 0.142 e. The molecule has 1 heterocycles. The molecule has 2 aromatic carbocycles. The van der Waals surface area contributed by atoms with Crippen LogP contribution in [0.2, 0.25) is 0 Å². The lowest BCUT2D eigenvalue weighted by Crippen LogP contribution is -2.49. The quantitative estimate of drug-likeness (QED) is 0.803. The second-order valence-corrected chi connectivity index (χ2v) is 6.57. The van der Waals surface area contributed by atoms with Crippen molar-refractivity contribution >= 4 is 5.69 Å². The number of hydrogen-bond donors (Lipinski definition) is 0. The predicted octanol–water partition coefficient (Wildman–Crippen LogP) is 3.84. The molecular weight excluding hydrogens is 296 g/mol. The molecule has 3 heteroatoms. The first-order valence-corrected chi connectivity index (χ1v) is 8.94. The molecule has 3 nitrogen and oxygen atoms in total. The highest BCUT2D eigenvalue weighted by Crippen LogP contribution is 2.28. The maximum atomic E-state index is 5.51. The molecule has 1 fully saturated rings. The third-order valence-electron chi connectivity index (χ3n) is 5.06. The van der Waals surface area contributed by atoms with Crippen molar-refractivity contribution in [1.82, 2.24) is 4.90 Å². The Kier molecular flexibility index (Phi) is 5.76. The monoisotopic (exact) mass is 324 g/mol. The Hall–Kier alpha value is -2.00. The lowest BCUT2D eigenvalue weighted by molar-refractivity contribution is 0.188. The molecule has 0 bridgehead atoms. The van der Waals surface area contributed by atoms with Gasteiger partial charge in [-0.15, -0.1) is 0 Å². The Morgan fingerprint density at radius 1 is 0.917 bits per heavy atom. The van der Waals surface area contributed by atoms with E-state index >= 15 is 0 Å². The van der Waals surface area contributed by atoms with Crippen molar-refractivity contribution in [2.24, 2.45) is 0 Å². The zero-order valence-corrected chi connectivity index (χ0v) is 14.8. The molecule has 0 amide bonds. The molecule has 0 N–H and O–H groups in total. The van der Waals surface area contributed by atoms with Gasteiger partial charge < -0.3 is 9.64 Å². The summed E-state index contributed by atoms with van der Waals surface area (Å²) < 4.78 is 5.51. The number of benzene rings is 2. The summed E-state index contributed by atoms with van der Waals surface area (Å²) in [6.45, 7) is 6.73. The maximum absolute atomic E-state index is 5.51. The molecule has 1 unspecified atom stereocenters. The number of nitrogens with zero attached hydrogens (tertiary/aromatic N) is 2. The van der Waals surface area contributed by atoms with Gasteiger partial charge in [-0.25, -0.2) is 0 Å². The van der Waals surface area contributed by atoms with E-state index in [1.807, 2.05) is 12.1 Å². The van der Waals surface area contributed by atoms with Crippen molar-refractivity contribution < 1.29 is 4.74 Å². The van der Waals surface area contributed by atoms with Gasteiger partial charge in [-0.2, -0.15) is 0 Å². The fourth-order valence-electron chi connectivity index (χ4n) is 3.50. The first-order chi connectivity index (χ1) is 11.8. The van der Waals surface area contributed by atoms with Crippen molar-refractivity contribution in [3.8, 4) is 5.75 Å². The smallest absolute Gasteiger partial charge is 0.142 e. The number of para-hydroxylation sites is 2. The van der Waals surface area contributed by atoms with Gasteiger partial charge in [-0.1, -0.05) is 42.5 Å². The summed E-state index contributed by atoms with van der Waals surface area (Å²) in [6, 6.07) is 19.8. The summed E-state index contributed by atoms with van der Waals surface area (Å²) >= 11 is 0. The second-order valence-electron chi connectivity index (χ2n) is 6.57. The van der Waals surface area contributed by atoms with Gasteiger partial charge in [0.05, 0.1) is 12.8 Å². The van der Waals surface area contributed by atoms with Gasteiger partial charge in [0.15, 0.2) is 0 Å². The van der Waals surface area contributed by atoms with Crippen LogP contribution in [0.5, 0.6) is 5.75 Å². The Morgan fingerprint density at radius 3 is 2.29 bits per heavy atom. The minimum absolute atomic E-state index is 0.630. The van der Waals surface area contributed by atoms with Crippen molar-refractivity contribution in [3.05, 3.63) is 60.2 Å². The number of anilines is 1. The zero-order chi connectivity index (χ0) is 16.8. The van der Waals surface area contributed by atoms with Crippen LogP contribution in [0.3, 0.4) is 0 Å². The number of methoxy groups -OCH3 is 1. The van der Waals surface area contributed by atoms with E-state index in [0.29, 0.717) is 6.04 Å². The summed E-state index contributed by atoms with van der Waals surface area (Å²) in [4.78, 5) is 5.06. The first-order valence-electron chi connectivity index (χ1n) is 8.94. The highest BCUT2D eigenvalue weighted by atomic mass is 16.5. The van der Waals surface area contributed by atoms with E-state index in [1.54, 1.807) is 7.11 Å². The van der Waals surface area contributed by atoms with E-state index in [9.17, 15) is 0 Å². The van der Waals surface area contributed by atoms with Crippen molar-refractivity contribution in [1.29, 1.82) is 0 Å². The molecule has 1 saturated heterocycles. The van der Waals surface area contributed by atoms with Crippen molar-refractivity contribution in [3.63, 3.8) is 0 Å². The van der Waals surface area contributed by atoms with Crippen LogP contribution in [0.4, 0.5) is 5.69 Å². The van der Waals surface area contributed by atoms with Crippen LogP contribution in [0, 0.1) is 0 Å². The average molecular weight is 324 g/mol. The standard InChI is InChI=1S/C21H28N2O/c1-18(12-13-19-8-4-3-5-9-19)22-14-16-23(17-15-22)20-10-6-7-11-21(20)24-2/h3-11,18H,12-17H2,1-2H3. The Morgan fingerprint density at radius 2 is 1.58 bits per heavy atom. The summed E-state index contributed by atoms with van der Waals surface area (Å²) in [7, 11) is 1.75. The van der Waals surface area contributed by atoms with Gasteiger partial charge in [0, 0.05) is 32.2 Å². The lowest BCUT2D eigenvalue weighted by Gasteiger charge is -2.39. The van der Waals surface area contributed by atoms with E-state index < -0.39 is 0 Å². The van der Waals surface area contributed by atoms with E-state index in [0.717, 1.165) is 38.3 Å². The number of aryl methyl sites for hydroxylation is 1. The lowest BCUT2D eigenvalue weighted by atomic mass is 10.0. The minimum atomic E-state index is 0.630. The van der Waals surface area contributed by atoms with Gasteiger partial charge in [0.2, 0.25) is 0 Å². The van der Waals surface area contributed by atoms with Gasteiger partial charge in [-0.3, -0.25) is 4.90 Å². The molecule has 0 aliphatic carbocycles. The van der Waals surface area contributed by atoms with Crippen molar-refractivity contribution in [2.45, 2.75) is 25.8 Å². The molecule has 1 aliphatic rings. The number of hydrogen-bond acceptors (Lipinski definition) is 3. The minimum Gasteiger partial charge on any atom is -0.495 e. The number of rotatable bonds is 6. The van der Waals surface area contributed by atoms with Crippen LogP contribution < -0.4 is 9.64 Å². The topological polar surface area (TPSA) is 15.7 Å². The molecule has 1 atom stereocenters. The van der Waals surface area contributed by atoms with E-state index in [4.69, 9.17) is 4.74 Å². The molecule has 0 radical (unpaired) electrons. The fraction of sp³-hybridized carbons (Fsp3) is 0.429. The molecule has 0 saturated carbocycles. The second kappa shape index (κ2) is 8.20. The summed E-state index contributed by atoms with van der Waals surface area (Å²) in [5.74, 6) is 0.975. The van der Waals surface area contributed by atoms with Crippen LogP contribution in [-0.2, 0) is 6.42 Å². The van der Waals surface area contributed by atoms with E-state index in [-0.39, 0.29) is 0 Å². The molecule has 3 rings (SSSR count). The third kappa shape index (κ3) is 4.09. The molecule has 0 aromatic heterocycles. The Balaban J connectivity index is 1.51. The van der Waals surface area contributed by atoms with E-state index in [2.05, 4.69) is 59.2 Å². The van der Waals surface area contributed by atoms with Crippen molar-refractivity contribution in [2.75, 3.05) is 38.2 Å². The molecule has 1 aliphatic heterocycles. The number of ether oxygens (including phenoxy) is 1. The normalized spacial score (nSPS) is 16.8. The van der Waals surface area contributed by atoms with Gasteiger partial charge in [-0.05, 0) is 37.5 Å².